The van der Waals surface area contributed by atoms with Crippen molar-refractivity contribution in [3.8, 4) is 5.69 Å². The van der Waals surface area contributed by atoms with Crippen LogP contribution in [0.5, 0.6) is 0 Å². The Morgan fingerprint density at radius 1 is 1.00 bits per heavy atom. The number of carbonyl (C=O) groups excluding carboxylic acids is 1. The number of hydrogen-bond acceptors (Lipinski definition) is 4. The van der Waals surface area contributed by atoms with Crippen LogP contribution in [0.2, 0.25) is 0 Å². The summed E-state index contributed by atoms with van der Waals surface area (Å²) in [5.41, 5.74) is 5.56. The molecule has 0 saturated carbocycles. The molecule has 0 bridgehead atoms. The monoisotopic (exact) mass is 427 g/mol. The molecule has 32 heavy (non-hydrogen) atoms. The average molecular weight is 428 g/mol. The summed E-state index contributed by atoms with van der Waals surface area (Å²) in [7, 11) is 0. The topological polar surface area (TPSA) is 72.5 Å². The number of aromatic nitrogens is 4. The van der Waals surface area contributed by atoms with Crippen molar-refractivity contribution >= 4 is 11.6 Å². The molecule has 4 aromatic rings. The normalized spacial score (nSPS) is 13.4. The number of amides is 1. The minimum Gasteiger partial charge on any atom is -0.338 e. The van der Waals surface area contributed by atoms with Gasteiger partial charge in [-0.15, -0.1) is 10.2 Å². The van der Waals surface area contributed by atoms with Gasteiger partial charge in [0.15, 0.2) is 0 Å². The molecule has 5 rings (SSSR count). The van der Waals surface area contributed by atoms with Crippen molar-refractivity contribution in [3.05, 3.63) is 93.3 Å². The Kier molecular flexibility index (Phi) is 5.09. The number of rotatable bonds is 4. The molecule has 0 unspecified atom stereocenters. The standard InChI is InChI=1S/C25H25N5O2/c1-17-13-18(2)15-21(14-17)29-11-12-30-22(26-27-24(30)25(29)32)7-8-23(31)28-10-9-19-5-3-4-6-20(19)16-28/h3-6,11-15H,7-10,16H2,1-2H3. The van der Waals surface area contributed by atoms with Crippen molar-refractivity contribution in [2.24, 2.45) is 0 Å². The SMILES string of the molecule is Cc1cc(C)cc(-n2ccn3c(CCC(=O)N4CCc5ccccc5C4)nnc3c2=O)c1. The van der Waals surface area contributed by atoms with Gasteiger partial charge in [-0.2, -0.15) is 0 Å². The molecule has 0 aliphatic carbocycles. The summed E-state index contributed by atoms with van der Waals surface area (Å²) < 4.78 is 3.28. The highest BCUT2D eigenvalue weighted by Crippen LogP contribution is 2.19. The van der Waals surface area contributed by atoms with Crippen molar-refractivity contribution in [1.29, 1.82) is 0 Å². The Morgan fingerprint density at radius 3 is 2.53 bits per heavy atom. The maximum Gasteiger partial charge on any atom is 0.300 e. The highest BCUT2D eigenvalue weighted by atomic mass is 16.2. The van der Waals surface area contributed by atoms with Crippen LogP contribution in [0.25, 0.3) is 11.3 Å². The quantitative estimate of drug-likeness (QED) is 0.502. The molecular formula is C25H25N5O2. The molecule has 0 atom stereocenters. The molecule has 2 aromatic heterocycles. The molecular weight excluding hydrogens is 402 g/mol. The first kappa shape index (κ1) is 20.2. The van der Waals surface area contributed by atoms with Crippen LogP contribution >= 0.6 is 0 Å². The van der Waals surface area contributed by atoms with Crippen LogP contribution in [0.4, 0.5) is 0 Å². The maximum absolute atomic E-state index is 13.0. The summed E-state index contributed by atoms with van der Waals surface area (Å²) >= 11 is 0. The fourth-order valence-corrected chi connectivity index (χ4v) is 4.48. The van der Waals surface area contributed by atoms with Gasteiger partial charge in [0.25, 0.3) is 0 Å². The summed E-state index contributed by atoms with van der Waals surface area (Å²) in [5, 5.41) is 8.33. The lowest BCUT2D eigenvalue weighted by molar-refractivity contribution is -0.132. The largest absolute Gasteiger partial charge is 0.338 e. The van der Waals surface area contributed by atoms with Crippen molar-refractivity contribution in [2.45, 2.75) is 39.7 Å². The average Bonchev–Trinajstić information content (AvgIpc) is 3.20. The van der Waals surface area contributed by atoms with Gasteiger partial charge >= 0.3 is 5.56 Å². The first-order valence-electron chi connectivity index (χ1n) is 10.9. The Balaban J connectivity index is 1.34. The molecule has 7 nitrogen and oxygen atoms in total. The molecule has 1 amide bonds. The fraction of sp³-hybridized carbons (Fsp3) is 0.280. The summed E-state index contributed by atoms with van der Waals surface area (Å²) in [4.78, 5) is 27.7. The molecule has 3 heterocycles. The molecule has 2 aromatic carbocycles. The summed E-state index contributed by atoms with van der Waals surface area (Å²) in [6.07, 6.45) is 5.19. The van der Waals surface area contributed by atoms with Crippen LogP contribution in [0.15, 0.2) is 59.7 Å². The van der Waals surface area contributed by atoms with Crippen molar-refractivity contribution in [1.82, 2.24) is 24.1 Å². The van der Waals surface area contributed by atoms with Crippen molar-refractivity contribution in [2.75, 3.05) is 6.54 Å². The van der Waals surface area contributed by atoms with Gasteiger partial charge in [0.2, 0.25) is 11.6 Å². The van der Waals surface area contributed by atoms with Crippen LogP contribution in [0, 0.1) is 13.8 Å². The molecule has 1 aliphatic heterocycles. The molecule has 0 radical (unpaired) electrons. The Bertz CT molecular complexity index is 1360. The van der Waals surface area contributed by atoms with Crippen LogP contribution in [0.1, 0.15) is 34.5 Å². The predicted molar refractivity (Wildman–Crippen MR) is 122 cm³/mol. The van der Waals surface area contributed by atoms with E-state index >= 15 is 0 Å². The number of aryl methyl sites for hydroxylation is 3. The van der Waals surface area contributed by atoms with Crippen molar-refractivity contribution in [3.63, 3.8) is 0 Å². The van der Waals surface area contributed by atoms with Crippen LogP contribution in [0.3, 0.4) is 0 Å². The number of carbonyl (C=O) groups is 1. The minimum atomic E-state index is -0.227. The third kappa shape index (κ3) is 3.70. The Morgan fingerprint density at radius 2 is 1.75 bits per heavy atom. The molecule has 162 valence electrons. The lowest BCUT2D eigenvalue weighted by atomic mass is 9.99. The van der Waals surface area contributed by atoms with Gasteiger partial charge in [-0.05, 0) is 54.7 Å². The summed E-state index contributed by atoms with van der Waals surface area (Å²) in [6, 6.07) is 14.3. The lowest BCUT2D eigenvalue weighted by Gasteiger charge is -2.28. The van der Waals surface area contributed by atoms with Gasteiger partial charge in [-0.3, -0.25) is 18.6 Å². The molecule has 0 spiro atoms. The summed E-state index contributed by atoms with van der Waals surface area (Å²) in [5.74, 6) is 0.718. The van der Waals surface area contributed by atoms with Gasteiger partial charge in [0, 0.05) is 44.0 Å². The molecule has 0 fully saturated rings. The van der Waals surface area contributed by atoms with E-state index < -0.39 is 0 Å². The smallest absolute Gasteiger partial charge is 0.300 e. The summed E-state index contributed by atoms with van der Waals surface area (Å²) in [6.45, 7) is 5.40. The third-order valence-electron chi connectivity index (χ3n) is 6.07. The fourth-order valence-electron chi connectivity index (χ4n) is 4.48. The van der Waals surface area contributed by atoms with E-state index in [1.807, 2.05) is 43.0 Å². The molecule has 0 N–H and O–H groups in total. The second-order valence-electron chi connectivity index (χ2n) is 8.46. The zero-order valence-electron chi connectivity index (χ0n) is 18.3. The van der Waals surface area contributed by atoms with E-state index in [1.54, 1.807) is 21.4 Å². The molecule has 7 heteroatoms. The Hall–Kier alpha value is -3.74. The van der Waals surface area contributed by atoms with E-state index in [4.69, 9.17) is 0 Å². The van der Waals surface area contributed by atoms with E-state index in [0.29, 0.717) is 25.2 Å². The van der Waals surface area contributed by atoms with Crippen LogP contribution in [-0.4, -0.2) is 36.5 Å². The second-order valence-corrected chi connectivity index (χ2v) is 8.46. The third-order valence-corrected chi connectivity index (χ3v) is 6.07. The first-order chi connectivity index (χ1) is 15.5. The highest BCUT2D eigenvalue weighted by molar-refractivity contribution is 5.76. The van der Waals surface area contributed by atoms with E-state index in [2.05, 4.69) is 28.4 Å². The molecule has 1 aliphatic rings. The number of nitrogens with zero attached hydrogens (tertiary/aromatic N) is 5. The lowest BCUT2D eigenvalue weighted by Crippen LogP contribution is -2.36. The van der Waals surface area contributed by atoms with E-state index in [-0.39, 0.29) is 17.1 Å². The van der Waals surface area contributed by atoms with Crippen LogP contribution < -0.4 is 5.56 Å². The number of benzene rings is 2. The first-order valence-corrected chi connectivity index (χ1v) is 10.9. The number of fused-ring (bicyclic) bond motifs is 2. The maximum atomic E-state index is 13.0. The van der Waals surface area contributed by atoms with Gasteiger partial charge in [0.05, 0.1) is 0 Å². The second kappa shape index (κ2) is 8.07. The predicted octanol–water partition coefficient (Wildman–Crippen LogP) is 3.01. The number of hydrogen-bond donors (Lipinski definition) is 0. The zero-order chi connectivity index (χ0) is 22.2. The van der Waals surface area contributed by atoms with E-state index in [9.17, 15) is 9.59 Å². The van der Waals surface area contributed by atoms with Crippen molar-refractivity contribution < 1.29 is 4.79 Å². The zero-order valence-corrected chi connectivity index (χ0v) is 18.3. The van der Waals surface area contributed by atoms with Crippen LogP contribution in [-0.2, 0) is 24.2 Å². The minimum absolute atomic E-state index is 0.0971. The van der Waals surface area contributed by atoms with Gasteiger partial charge in [-0.1, -0.05) is 30.3 Å². The highest BCUT2D eigenvalue weighted by Gasteiger charge is 2.21. The van der Waals surface area contributed by atoms with E-state index in [1.165, 1.54) is 11.1 Å². The van der Waals surface area contributed by atoms with E-state index in [0.717, 1.165) is 29.8 Å². The van der Waals surface area contributed by atoms with Gasteiger partial charge < -0.3 is 4.90 Å². The Labute approximate surface area is 185 Å². The van der Waals surface area contributed by atoms with Gasteiger partial charge in [0.1, 0.15) is 5.82 Å². The van der Waals surface area contributed by atoms with Gasteiger partial charge in [-0.25, -0.2) is 0 Å². The molecule has 0 saturated heterocycles.